The van der Waals surface area contributed by atoms with Gasteiger partial charge in [0.1, 0.15) is 0 Å². The van der Waals surface area contributed by atoms with Crippen LogP contribution in [0.4, 0.5) is 0 Å². The lowest BCUT2D eigenvalue weighted by Crippen LogP contribution is -2.51. The van der Waals surface area contributed by atoms with E-state index in [1.165, 1.54) is 11.3 Å². The molecule has 7 nitrogen and oxygen atoms in total. The number of aromatic nitrogens is 1. The molecule has 2 atom stereocenters. The molecule has 186 valence electrons. The van der Waals surface area contributed by atoms with Gasteiger partial charge in [0.25, 0.3) is 5.91 Å². The minimum Gasteiger partial charge on any atom is -0.381 e. The smallest absolute Gasteiger partial charge is 0.261 e. The van der Waals surface area contributed by atoms with Crippen molar-refractivity contribution in [2.75, 3.05) is 33.9 Å². The van der Waals surface area contributed by atoms with Gasteiger partial charge < -0.3 is 19.7 Å². The standard InChI is InChI=1S/C26H37N3O4S/c1-32-20-7-5-8-21(33-2)24(20)26(31)29-14-10-18(11-15-29)6-3-4-12-28-25(30)22-16-19-9-13-27-17-23(19)34-22/h9,13,16-18,20-21,24H,3-8,10-12,14-15H2,1-2H3,(H,28,30). The van der Waals surface area contributed by atoms with Gasteiger partial charge >= 0.3 is 0 Å². The lowest BCUT2D eigenvalue weighted by molar-refractivity contribution is -0.153. The predicted octanol–water partition coefficient (Wildman–Crippen LogP) is 4.27. The van der Waals surface area contributed by atoms with Gasteiger partial charge in [-0.2, -0.15) is 0 Å². The van der Waals surface area contributed by atoms with Crippen molar-refractivity contribution in [3.63, 3.8) is 0 Å². The number of rotatable bonds is 9. The fraction of sp³-hybridized carbons (Fsp3) is 0.654. The average molecular weight is 488 g/mol. The topological polar surface area (TPSA) is 80.8 Å². The maximum absolute atomic E-state index is 13.3. The molecule has 8 heteroatoms. The summed E-state index contributed by atoms with van der Waals surface area (Å²) in [5.74, 6) is 0.676. The quantitative estimate of drug-likeness (QED) is 0.535. The monoisotopic (exact) mass is 487 g/mol. The molecule has 1 N–H and O–H groups in total. The molecule has 1 saturated heterocycles. The Hall–Kier alpha value is -2.03. The number of piperidine rings is 1. The molecule has 2 amide bonds. The van der Waals surface area contributed by atoms with Crippen molar-refractivity contribution in [2.24, 2.45) is 11.8 Å². The zero-order valence-electron chi connectivity index (χ0n) is 20.3. The molecule has 2 aromatic heterocycles. The Balaban J connectivity index is 1.15. The highest BCUT2D eigenvalue weighted by Crippen LogP contribution is 2.32. The second kappa shape index (κ2) is 12.1. The van der Waals surface area contributed by atoms with E-state index in [0.717, 1.165) is 79.4 Å². The van der Waals surface area contributed by atoms with Crippen LogP contribution in [0, 0.1) is 11.8 Å². The van der Waals surface area contributed by atoms with Gasteiger partial charge in [-0.1, -0.05) is 12.8 Å². The molecule has 0 spiro atoms. The number of likely N-dealkylation sites (tertiary alicyclic amines) is 1. The van der Waals surface area contributed by atoms with Crippen LogP contribution in [0.3, 0.4) is 0 Å². The summed E-state index contributed by atoms with van der Waals surface area (Å²) in [5.41, 5.74) is 0. The van der Waals surface area contributed by atoms with Crippen LogP contribution in [0.1, 0.15) is 61.0 Å². The van der Waals surface area contributed by atoms with Crippen LogP contribution >= 0.6 is 11.3 Å². The first-order valence-corrected chi connectivity index (χ1v) is 13.4. The Morgan fingerprint density at radius 3 is 2.53 bits per heavy atom. The van der Waals surface area contributed by atoms with Crippen molar-refractivity contribution >= 4 is 33.2 Å². The van der Waals surface area contributed by atoms with Crippen molar-refractivity contribution in [3.8, 4) is 0 Å². The number of unbranched alkanes of at least 4 members (excludes halogenated alkanes) is 1. The number of nitrogens with one attached hydrogen (secondary N) is 1. The van der Waals surface area contributed by atoms with Crippen LogP contribution in [0.15, 0.2) is 24.5 Å². The van der Waals surface area contributed by atoms with Crippen LogP contribution in [0.2, 0.25) is 0 Å². The van der Waals surface area contributed by atoms with Crippen LogP contribution in [0.25, 0.3) is 10.1 Å². The third kappa shape index (κ3) is 5.96. The van der Waals surface area contributed by atoms with Gasteiger partial charge in [-0.3, -0.25) is 14.6 Å². The van der Waals surface area contributed by atoms with Crippen molar-refractivity contribution in [2.45, 2.75) is 63.6 Å². The highest BCUT2D eigenvalue weighted by Gasteiger charge is 2.41. The van der Waals surface area contributed by atoms with Gasteiger partial charge in [0.05, 0.1) is 27.7 Å². The van der Waals surface area contributed by atoms with E-state index in [2.05, 4.69) is 10.3 Å². The van der Waals surface area contributed by atoms with Crippen LogP contribution in [-0.4, -0.2) is 67.8 Å². The number of pyridine rings is 1. The Bertz CT molecular complexity index is 911. The number of amides is 2. The number of carbonyl (C=O) groups excluding carboxylic acids is 2. The highest BCUT2D eigenvalue weighted by molar-refractivity contribution is 7.20. The first kappa shape index (κ1) is 25.1. The number of thiophene rings is 1. The Morgan fingerprint density at radius 2 is 1.85 bits per heavy atom. The minimum absolute atomic E-state index is 0.000501. The van der Waals surface area contributed by atoms with E-state index in [4.69, 9.17) is 9.47 Å². The van der Waals surface area contributed by atoms with Gasteiger partial charge in [0.2, 0.25) is 5.91 Å². The number of ether oxygens (including phenoxy) is 2. The SMILES string of the molecule is COC1CCCC(OC)C1C(=O)N1CCC(CCCCNC(=O)c2cc3ccncc3s2)CC1. The summed E-state index contributed by atoms with van der Waals surface area (Å²) >= 11 is 1.49. The molecular formula is C26H37N3O4S. The molecule has 34 heavy (non-hydrogen) atoms. The number of fused-ring (bicyclic) bond motifs is 1. The van der Waals surface area contributed by atoms with E-state index < -0.39 is 0 Å². The summed E-state index contributed by atoms with van der Waals surface area (Å²) in [6.45, 7) is 2.34. The summed E-state index contributed by atoms with van der Waals surface area (Å²) in [6, 6.07) is 3.87. The molecule has 4 rings (SSSR count). The Morgan fingerprint density at radius 1 is 1.12 bits per heavy atom. The Labute approximate surface area is 206 Å². The minimum atomic E-state index is -0.180. The fourth-order valence-corrected chi connectivity index (χ4v) is 6.41. The molecule has 2 aliphatic rings. The third-order valence-corrected chi connectivity index (χ3v) is 8.55. The average Bonchev–Trinajstić information content (AvgIpc) is 3.32. The molecule has 3 heterocycles. The molecule has 2 unspecified atom stereocenters. The number of hydrogen-bond donors (Lipinski definition) is 1. The highest BCUT2D eigenvalue weighted by atomic mass is 32.1. The van der Waals surface area contributed by atoms with Crippen LogP contribution in [-0.2, 0) is 14.3 Å². The van der Waals surface area contributed by atoms with E-state index in [9.17, 15) is 9.59 Å². The first-order chi connectivity index (χ1) is 16.6. The van der Waals surface area contributed by atoms with Crippen LogP contribution < -0.4 is 5.32 Å². The fourth-order valence-electron chi connectivity index (χ4n) is 5.46. The molecule has 0 bridgehead atoms. The zero-order valence-corrected chi connectivity index (χ0v) is 21.1. The van der Waals surface area contributed by atoms with Crippen molar-refractivity contribution in [1.29, 1.82) is 0 Å². The lowest BCUT2D eigenvalue weighted by atomic mass is 9.82. The number of carbonyl (C=O) groups is 2. The second-order valence-electron chi connectivity index (χ2n) is 9.55. The second-order valence-corrected chi connectivity index (χ2v) is 10.6. The van der Waals surface area contributed by atoms with Gasteiger partial charge in [-0.15, -0.1) is 11.3 Å². The van der Waals surface area contributed by atoms with Crippen LogP contribution in [0.5, 0.6) is 0 Å². The first-order valence-electron chi connectivity index (χ1n) is 12.6. The summed E-state index contributed by atoms with van der Waals surface area (Å²) in [4.78, 5) is 32.6. The predicted molar refractivity (Wildman–Crippen MR) is 134 cm³/mol. The van der Waals surface area contributed by atoms with E-state index in [1.807, 2.05) is 17.0 Å². The van der Waals surface area contributed by atoms with Crippen molar-refractivity contribution < 1.29 is 19.1 Å². The zero-order chi connectivity index (χ0) is 23.9. The lowest BCUT2D eigenvalue weighted by Gasteiger charge is -2.40. The summed E-state index contributed by atoms with van der Waals surface area (Å²) in [6.07, 6.45) is 11.7. The van der Waals surface area contributed by atoms with E-state index in [1.54, 1.807) is 26.6 Å². The van der Waals surface area contributed by atoms with Crippen molar-refractivity contribution in [3.05, 3.63) is 29.4 Å². The van der Waals surface area contributed by atoms with Crippen molar-refractivity contribution in [1.82, 2.24) is 15.2 Å². The number of nitrogens with zero attached hydrogens (tertiary/aromatic N) is 2. The van der Waals surface area contributed by atoms with E-state index in [0.29, 0.717) is 12.5 Å². The summed E-state index contributed by atoms with van der Waals surface area (Å²) < 4.78 is 12.3. The molecule has 1 aliphatic heterocycles. The van der Waals surface area contributed by atoms with Gasteiger partial charge in [0.15, 0.2) is 0 Å². The summed E-state index contributed by atoms with van der Waals surface area (Å²) in [5, 5.41) is 4.11. The third-order valence-electron chi connectivity index (χ3n) is 7.47. The van der Waals surface area contributed by atoms with Gasteiger partial charge in [-0.25, -0.2) is 0 Å². The largest absolute Gasteiger partial charge is 0.381 e. The molecule has 2 aromatic rings. The molecule has 0 radical (unpaired) electrons. The molecular weight excluding hydrogens is 450 g/mol. The molecule has 1 aliphatic carbocycles. The number of methoxy groups -OCH3 is 2. The molecule has 0 aromatic carbocycles. The van der Waals surface area contributed by atoms with E-state index >= 15 is 0 Å². The molecule has 2 fully saturated rings. The Kier molecular flexibility index (Phi) is 8.92. The maximum atomic E-state index is 13.3. The maximum Gasteiger partial charge on any atom is 0.261 e. The number of hydrogen-bond acceptors (Lipinski definition) is 6. The van der Waals surface area contributed by atoms with Gasteiger partial charge in [-0.05, 0) is 62.0 Å². The molecule has 1 saturated carbocycles. The van der Waals surface area contributed by atoms with Gasteiger partial charge in [0, 0.05) is 46.2 Å². The normalized spacial score (nSPS) is 23.8. The summed E-state index contributed by atoms with van der Waals surface area (Å²) in [7, 11) is 3.41. The van der Waals surface area contributed by atoms with E-state index in [-0.39, 0.29) is 29.9 Å².